The monoisotopic (exact) mass is 382 g/mol. The van der Waals surface area contributed by atoms with E-state index in [0.29, 0.717) is 11.5 Å². The Bertz CT molecular complexity index is 685. The summed E-state index contributed by atoms with van der Waals surface area (Å²) in [7, 11) is 3.13. The van der Waals surface area contributed by atoms with E-state index in [4.69, 9.17) is 9.47 Å². The van der Waals surface area contributed by atoms with Gasteiger partial charge >= 0.3 is 0 Å². The van der Waals surface area contributed by atoms with Gasteiger partial charge in [0.15, 0.2) is 11.5 Å². The van der Waals surface area contributed by atoms with Crippen molar-refractivity contribution in [3.8, 4) is 11.5 Å². The first kappa shape index (κ1) is 16.5. The minimum atomic E-state index is -0.195. The van der Waals surface area contributed by atoms with E-state index in [-0.39, 0.29) is 12.3 Å². The molecule has 0 spiro atoms. The van der Waals surface area contributed by atoms with E-state index in [1.807, 2.05) is 17.5 Å². The molecule has 0 unspecified atom stereocenters. The number of nitrogens with one attached hydrogen (secondary N) is 1. The molecule has 0 radical (unpaired) electrons. The maximum Gasteiger partial charge on any atom is 0.244 e. The minimum absolute atomic E-state index is 0.195. The zero-order chi connectivity index (χ0) is 15.9. The molecule has 0 fully saturated rings. The Kier molecular flexibility index (Phi) is 5.97. The summed E-state index contributed by atoms with van der Waals surface area (Å²) < 4.78 is 11.4. The van der Waals surface area contributed by atoms with Gasteiger partial charge in [-0.2, -0.15) is 5.10 Å². The van der Waals surface area contributed by atoms with E-state index < -0.39 is 0 Å². The number of carbonyl (C=O) groups is 1. The van der Waals surface area contributed by atoms with Crippen molar-refractivity contribution in [3.63, 3.8) is 0 Å². The average molecular weight is 383 g/mol. The third kappa shape index (κ3) is 4.57. The molecule has 5 nitrogen and oxygen atoms in total. The lowest BCUT2D eigenvalue weighted by atomic mass is 10.1. The summed E-state index contributed by atoms with van der Waals surface area (Å²) >= 11 is 4.90. The summed E-state index contributed by atoms with van der Waals surface area (Å²) in [6.07, 6.45) is 1.83. The smallest absolute Gasteiger partial charge is 0.244 e. The lowest BCUT2D eigenvalue weighted by Crippen LogP contribution is -2.19. The molecule has 1 amide bonds. The zero-order valence-corrected chi connectivity index (χ0v) is 14.5. The highest BCUT2D eigenvalue weighted by atomic mass is 79.9. The van der Waals surface area contributed by atoms with E-state index in [2.05, 4.69) is 26.5 Å². The fraction of sp³-hybridized carbons (Fsp3) is 0.200. The number of hydrogen-bond acceptors (Lipinski definition) is 5. The van der Waals surface area contributed by atoms with Crippen LogP contribution >= 0.6 is 27.3 Å². The molecule has 7 heteroatoms. The molecule has 1 aromatic heterocycles. The highest BCUT2D eigenvalue weighted by Crippen LogP contribution is 2.27. The first-order valence-corrected chi connectivity index (χ1v) is 8.06. The van der Waals surface area contributed by atoms with Gasteiger partial charge in [-0.15, -0.1) is 11.3 Å². The quantitative estimate of drug-likeness (QED) is 0.616. The van der Waals surface area contributed by atoms with Gasteiger partial charge < -0.3 is 9.47 Å². The molecular formula is C15H15BrN2O3S. The molecule has 2 rings (SSSR count). The first-order chi connectivity index (χ1) is 10.6. The Balaban J connectivity index is 1.93. The number of thiophene rings is 1. The number of halogens is 1. The van der Waals surface area contributed by atoms with Crippen LogP contribution in [0.2, 0.25) is 0 Å². The standard InChI is InChI=1S/C15H15BrN2O3S/c1-20-13-4-3-10(5-14(13)21-2)6-15(19)18-17-8-12-7-11(16)9-22-12/h3-5,7-9H,6H2,1-2H3,(H,18,19)/b17-8+. The summed E-state index contributed by atoms with van der Waals surface area (Å²) in [5.74, 6) is 1.03. The van der Waals surface area contributed by atoms with Crippen LogP contribution in [0, 0.1) is 0 Å². The number of methoxy groups -OCH3 is 2. The van der Waals surface area contributed by atoms with Crippen molar-refractivity contribution in [2.45, 2.75) is 6.42 Å². The summed E-state index contributed by atoms with van der Waals surface area (Å²) in [5, 5.41) is 5.89. The Morgan fingerprint density at radius 3 is 2.73 bits per heavy atom. The Labute approximate surface area is 141 Å². The molecule has 2 aromatic rings. The number of amides is 1. The second-order valence-corrected chi connectivity index (χ2v) is 6.19. The molecule has 1 heterocycles. The SMILES string of the molecule is COc1ccc(CC(=O)N/N=C/c2cc(Br)cs2)cc1OC. The maximum atomic E-state index is 11.9. The molecule has 0 atom stereocenters. The Morgan fingerprint density at radius 1 is 1.32 bits per heavy atom. The number of carbonyl (C=O) groups excluding carboxylic acids is 1. The van der Waals surface area contributed by atoms with E-state index in [0.717, 1.165) is 14.9 Å². The molecular weight excluding hydrogens is 368 g/mol. The molecule has 1 aromatic carbocycles. The van der Waals surface area contributed by atoms with Crippen molar-refractivity contribution >= 4 is 39.4 Å². The topological polar surface area (TPSA) is 59.9 Å². The number of nitrogens with zero attached hydrogens (tertiary/aromatic N) is 1. The molecule has 0 saturated heterocycles. The molecule has 116 valence electrons. The van der Waals surface area contributed by atoms with Gasteiger partial charge in [0, 0.05) is 14.7 Å². The third-order valence-corrected chi connectivity index (χ3v) is 4.41. The second-order valence-electron chi connectivity index (χ2n) is 4.33. The van der Waals surface area contributed by atoms with Crippen LogP contribution in [0.15, 0.2) is 39.2 Å². The van der Waals surface area contributed by atoms with Gasteiger partial charge in [0.25, 0.3) is 0 Å². The van der Waals surface area contributed by atoms with Crippen LogP contribution in [0.1, 0.15) is 10.4 Å². The second kappa shape index (κ2) is 7.95. The lowest BCUT2D eigenvalue weighted by molar-refractivity contribution is -0.120. The number of hydrogen-bond donors (Lipinski definition) is 1. The first-order valence-electron chi connectivity index (χ1n) is 6.39. The van der Waals surface area contributed by atoms with Crippen molar-refractivity contribution < 1.29 is 14.3 Å². The van der Waals surface area contributed by atoms with Gasteiger partial charge in [0.05, 0.1) is 26.9 Å². The molecule has 1 N–H and O–H groups in total. The predicted molar refractivity (Wildman–Crippen MR) is 91.0 cm³/mol. The van der Waals surface area contributed by atoms with Crippen molar-refractivity contribution in [2.24, 2.45) is 5.10 Å². The van der Waals surface area contributed by atoms with Crippen LogP contribution in [-0.4, -0.2) is 26.3 Å². The molecule has 0 aliphatic heterocycles. The highest BCUT2D eigenvalue weighted by molar-refractivity contribution is 9.10. The summed E-state index contributed by atoms with van der Waals surface area (Å²) in [6, 6.07) is 7.29. The number of benzene rings is 1. The normalized spacial score (nSPS) is 10.7. The average Bonchev–Trinajstić information content (AvgIpc) is 2.92. The molecule has 0 saturated carbocycles. The van der Waals surface area contributed by atoms with Gasteiger partial charge in [-0.25, -0.2) is 5.43 Å². The number of hydrazone groups is 1. The zero-order valence-electron chi connectivity index (χ0n) is 12.1. The van der Waals surface area contributed by atoms with E-state index >= 15 is 0 Å². The summed E-state index contributed by atoms with van der Waals surface area (Å²) in [6.45, 7) is 0. The summed E-state index contributed by atoms with van der Waals surface area (Å²) in [4.78, 5) is 12.8. The third-order valence-electron chi connectivity index (χ3n) is 2.78. The molecule has 0 aliphatic rings. The van der Waals surface area contributed by atoms with Gasteiger partial charge in [-0.05, 0) is 39.7 Å². The van der Waals surface area contributed by atoms with Crippen molar-refractivity contribution in [1.29, 1.82) is 0 Å². The fourth-order valence-corrected chi connectivity index (χ4v) is 3.08. The largest absolute Gasteiger partial charge is 0.493 e. The van der Waals surface area contributed by atoms with Crippen molar-refractivity contribution in [2.75, 3.05) is 14.2 Å². The van der Waals surface area contributed by atoms with Gasteiger partial charge in [-0.1, -0.05) is 6.07 Å². The highest BCUT2D eigenvalue weighted by Gasteiger charge is 2.07. The van der Waals surface area contributed by atoms with Gasteiger partial charge in [0.1, 0.15) is 0 Å². The van der Waals surface area contributed by atoms with Crippen LogP contribution in [-0.2, 0) is 11.2 Å². The van der Waals surface area contributed by atoms with Crippen LogP contribution in [0.3, 0.4) is 0 Å². The van der Waals surface area contributed by atoms with E-state index in [9.17, 15) is 4.79 Å². The number of rotatable bonds is 6. The fourth-order valence-electron chi connectivity index (χ4n) is 1.78. The van der Waals surface area contributed by atoms with E-state index in [1.54, 1.807) is 32.6 Å². The van der Waals surface area contributed by atoms with Crippen LogP contribution in [0.4, 0.5) is 0 Å². The Morgan fingerprint density at radius 2 is 2.09 bits per heavy atom. The lowest BCUT2D eigenvalue weighted by Gasteiger charge is -2.09. The maximum absolute atomic E-state index is 11.9. The molecule has 0 bridgehead atoms. The van der Waals surface area contributed by atoms with Crippen LogP contribution in [0.5, 0.6) is 11.5 Å². The van der Waals surface area contributed by atoms with Crippen LogP contribution < -0.4 is 14.9 Å². The van der Waals surface area contributed by atoms with Gasteiger partial charge in [-0.3, -0.25) is 4.79 Å². The van der Waals surface area contributed by atoms with E-state index in [1.165, 1.54) is 11.3 Å². The number of ether oxygens (including phenoxy) is 2. The molecule has 22 heavy (non-hydrogen) atoms. The predicted octanol–water partition coefficient (Wildman–Crippen LogP) is 3.22. The summed E-state index contributed by atoms with van der Waals surface area (Å²) in [5.41, 5.74) is 3.33. The van der Waals surface area contributed by atoms with Crippen LogP contribution in [0.25, 0.3) is 0 Å². The minimum Gasteiger partial charge on any atom is -0.493 e. The Hall–Kier alpha value is -1.86. The molecule has 0 aliphatic carbocycles. The van der Waals surface area contributed by atoms with Gasteiger partial charge in [0.2, 0.25) is 5.91 Å². The van der Waals surface area contributed by atoms with Crippen molar-refractivity contribution in [1.82, 2.24) is 5.43 Å². The van der Waals surface area contributed by atoms with Crippen molar-refractivity contribution in [3.05, 3.63) is 44.6 Å².